The van der Waals surface area contributed by atoms with E-state index in [-0.39, 0.29) is 12.0 Å². The molecule has 1 heterocycles. The fourth-order valence-corrected chi connectivity index (χ4v) is 1.74. The molecule has 1 saturated heterocycles. The summed E-state index contributed by atoms with van der Waals surface area (Å²) in [6.45, 7) is 4.21. The van der Waals surface area contributed by atoms with E-state index in [9.17, 15) is 4.39 Å². The largest absolute Gasteiger partial charge is 0.379 e. The molecule has 0 aliphatic carbocycles. The van der Waals surface area contributed by atoms with Gasteiger partial charge in [-0.05, 0) is 6.66 Å². The van der Waals surface area contributed by atoms with Crippen LogP contribution in [0.15, 0.2) is 0 Å². The van der Waals surface area contributed by atoms with E-state index >= 15 is 0 Å². The van der Waals surface area contributed by atoms with Gasteiger partial charge in [0.15, 0.2) is 0 Å². The molecule has 13 heavy (non-hydrogen) atoms. The fourth-order valence-electron chi connectivity index (χ4n) is 1.41. The van der Waals surface area contributed by atoms with Crippen molar-refractivity contribution in [2.24, 2.45) is 5.92 Å². The van der Waals surface area contributed by atoms with Gasteiger partial charge in [0.05, 0.1) is 19.9 Å². The molecule has 3 radical (unpaired) electrons. The minimum Gasteiger partial charge on any atom is -0.379 e. The zero-order chi connectivity index (χ0) is 9.84. The Morgan fingerprint density at radius 3 is 2.85 bits per heavy atom. The zero-order valence-electron chi connectivity index (χ0n) is 7.87. The Hall–Kier alpha value is 0.410. The minimum absolute atomic E-state index is 0.138. The van der Waals surface area contributed by atoms with Gasteiger partial charge in [-0.15, -0.1) is 0 Å². The quantitative estimate of drug-likeness (QED) is 0.492. The van der Waals surface area contributed by atoms with Crippen LogP contribution in [0.1, 0.15) is 6.92 Å². The molecule has 71 valence electrons. The van der Waals surface area contributed by atoms with E-state index in [1.165, 1.54) is 7.17 Å². The first-order valence-corrected chi connectivity index (χ1v) is 5.74. The number of rotatable bonds is 4. The molecule has 6 heteroatoms. The number of alkyl halides is 1. The first-order chi connectivity index (χ1) is 6.20. The van der Waals surface area contributed by atoms with Gasteiger partial charge in [-0.25, -0.2) is 4.39 Å². The lowest BCUT2D eigenvalue weighted by Crippen LogP contribution is -2.27. The summed E-state index contributed by atoms with van der Waals surface area (Å²) in [7, 11) is 6.94. The Morgan fingerprint density at radius 1 is 1.69 bits per heavy atom. The molecule has 0 bridgehead atoms. The maximum Gasteiger partial charge on any atom is 0.123 e. The summed E-state index contributed by atoms with van der Waals surface area (Å²) < 4.78 is 23.9. The second-order valence-corrected chi connectivity index (χ2v) is 3.85. The van der Waals surface area contributed by atoms with Gasteiger partial charge in [0, 0.05) is 28.5 Å². The number of hydrogen-bond donors (Lipinski definition) is 0. The van der Waals surface area contributed by atoms with Crippen LogP contribution in [0.3, 0.4) is 0 Å². The van der Waals surface area contributed by atoms with E-state index in [1.54, 1.807) is 0 Å². The Labute approximate surface area is 82.4 Å². The van der Waals surface area contributed by atoms with E-state index in [4.69, 9.17) is 17.0 Å². The summed E-state index contributed by atoms with van der Waals surface area (Å²) in [4.78, 5) is 0. The Kier molecular flexibility index (Phi) is 4.71. The van der Waals surface area contributed by atoms with Gasteiger partial charge in [-0.3, -0.25) is 0 Å². The summed E-state index contributed by atoms with van der Waals surface area (Å²) in [6.07, 6.45) is -1.16. The van der Waals surface area contributed by atoms with Crippen LogP contribution in [-0.2, 0) is 9.26 Å². The van der Waals surface area contributed by atoms with Gasteiger partial charge in [-0.2, -0.15) is 0 Å². The zero-order valence-corrected chi connectivity index (χ0v) is 8.87. The standard InChI is InChI=1S/C7H13B2FO2P/c1-4-5(3-11-13-2)12-7(9-8)6(4)10/h4-7,13H,3H2,1-2H3/t4-,5-,6+,7?/m0/s1. The normalized spacial score (nSPS) is 40.2. The Bertz CT molecular complexity index is 163. The first-order valence-electron chi connectivity index (χ1n) is 4.33. The fraction of sp³-hybridized carbons (Fsp3) is 1.00. The predicted octanol–water partition coefficient (Wildman–Crippen LogP) is 0.713. The topological polar surface area (TPSA) is 18.5 Å². The lowest BCUT2D eigenvalue weighted by atomic mass is 9.50. The summed E-state index contributed by atoms with van der Waals surface area (Å²) in [6, 6.07) is -0.566. The van der Waals surface area contributed by atoms with Gasteiger partial charge in [0.2, 0.25) is 0 Å². The molecule has 1 aliphatic heterocycles. The highest BCUT2D eigenvalue weighted by Crippen LogP contribution is 2.29. The molecule has 2 nitrogen and oxygen atoms in total. The molecule has 1 fully saturated rings. The van der Waals surface area contributed by atoms with Gasteiger partial charge in [0.1, 0.15) is 6.17 Å². The van der Waals surface area contributed by atoms with Gasteiger partial charge in [-0.1, -0.05) is 6.92 Å². The van der Waals surface area contributed by atoms with Gasteiger partial charge in [0.25, 0.3) is 0 Å². The average Bonchev–Trinajstić information content (AvgIpc) is 2.41. The van der Waals surface area contributed by atoms with E-state index in [0.717, 1.165) is 0 Å². The van der Waals surface area contributed by atoms with Crippen molar-refractivity contribution in [3.63, 3.8) is 0 Å². The molecule has 5 atom stereocenters. The number of ether oxygens (including phenoxy) is 1. The third-order valence-corrected chi connectivity index (χ3v) is 2.77. The highest BCUT2D eigenvalue weighted by atomic mass is 31.1. The lowest BCUT2D eigenvalue weighted by molar-refractivity contribution is 0.0393. The summed E-state index contributed by atoms with van der Waals surface area (Å²) >= 11 is 0. The van der Waals surface area contributed by atoms with E-state index in [1.807, 2.05) is 13.6 Å². The van der Waals surface area contributed by atoms with Crippen LogP contribution in [0.4, 0.5) is 4.39 Å². The third-order valence-electron chi connectivity index (χ3n) is 2.32. The molecule has 0 N–H and O–H groups in total. The minimum atomic E-state index is -1.00. The molecular weight excluding hydrogens is 188 g/mol. The molecule has 0 aromatic heterocycles. The molecule has 0 spiro atoms. The summed E-state index contributed by atoms with van der Waals surface area (Å²) in [5, 5.41) is 0. The maximum absolute atomic E-state index is 13.4. The van der Waals surface area contributed by atoms with E-state index < -0.39 is 12.2 Å². The lowest BCUT2D eigenvalue weighted by Gasteiger charge is -2.14. The van der Waals surface area contributed by atoms with E-state index in [0.29, 0.717) is 15.4 Å². The second-order valence-electron chi connectivity index (χ2n) is 3.15. The van der Waals surface area contributed by atoms with Crippen LogP contribution in [0, 0.1) is 5.92 Å². The van der Waals surface area contributed by atoms with E-state index in [2.05, 4.69) is 0 Å². The van der Waals surface area contributed by atoms with Crippen molar-refractivity contribution in [1.29, 1.82) is 0 Å². The summed E-state index contributed by atoms with van der Waals surface area (Å²) in [5.41, 5.74) is 0. The van der Waals surface area contributed by atoms with Crippen molar-refractivity contribution in [2.45, 2.75) is 25.2 Å². The highest BCUT2D eigenvalue weighted by Gasteiger charge is 2.40. The summed E-state index contributed by atoms with van der Waals surface area (Å²) in [5.74, 6) is -0.138. The maximum atomic E-state index is 13.4. The molecule has 0 aromatic rings. The molecule has 0 aromatic carbocycles. The molecule has 1 rings (SSSR count). The van der Waals surface area contributed by atoms with Crippen molar-refractivity contribution in [3.8, 4) is 0 Å². The van der Waals surface area contributed by atoms with Crippen LogP contribution in [-0.4, -0.2) is 46.5 Å². The van der Waals surface area contributed by atoms with Crippen LogP contribution in [0.5, 0.6) is 0 Å². The van der Waals surface area contributed by atoms with Gasteiger partial charge < -0.3 is 9.26 Å². The molecule has 1 aliphatic rings. The van der Waals surface area contributed by atoms with Crippen LogP contribution in [0.25, 0.3) is 0 Å². The third kappa shape index (κ3) is 2.68. The molecule has 0 amide bonds. The second kappa shape index (κ2) is 5.33. The van der Waals surface area contributed by atoms with Crippen molar-refractivity contribution >= 4 is 23.7 Å². The Balaban J connectivity index is 2.40. The van der Waals surface area contributed by atoms with Crippen molar-refractivity contribution in [2.75, 3.05) is 13.3 Å². The van der Waals surface area contributed by atoms with Crippen molar-refractivity contribution in [3.05, 3.63) is 0 Å². The first kappa shape index (κ1) is 11.5. The number of halogens is 1. The van der Waals surface area contributed by atoms with Gasteiger partial charge >= 0.3 is 0 Å². The van der Waals surface area contributed by atoms with Crippen LogP contribution in [0.2, 0.25) is 0 Å². The Morgan fingerprint density at radius 2 is 2.38 bits per heavy atom. The monoisotopic (exact) mass is 201 g/mol. The molecule has 2 unspecified atom stereocenters. The van der Waals surface area contributed by atoms with Crippen LogP contribution < -0.4 is 0 Å². The average molecular weight is 201 g/mol. The molecule has 0 saturated carbocycles. The molecular formula is C7H13B2FO2P. The van der Waals surface area contributed by atoms with Crippen molar-refractivity contribution in [1.82, 2.24) is 0 Å². The highest BCUT2D eigenvalue weighted by molar-refractivity contribution is 7.31. The predicted molar refractivity (Wildman–Crippen MR) is 54.4 cm³/mol. The SMILES string of the molecule is [B][B]C1O[C@@H](COPC)[C@H](C)[C@H]1F. The number of hydrogen-bond acceptors (Lipinski definition) is 2. The van der Waals surface area contributed by atoms with Crippen molar-refractivity contribution < 1.29 is 13.7 Å². The smallest absolute Gasteiger partial charge is 0.123 e. The van der Waals surface area contributed by atoms with Crippen LogP contribution >= 0.6 is 8.81 Å².